The maximum Gasteiger partial charge on any atom is 0.260 e. The van der Waals surface area contributed by atoms with Gasteiger partial charge in [-0.1, -0.05) is 12.1 Å². The molecule has 0 aliphatic carbocycles. The van der Waals surface area contributed by atoms with E-state index in [9.17, 15) is 4.79 Å². The van der Waals surface area contributed by atoms with Gasteiger partial charge in [-0.3, -0.25) is 9.78 Å². The fourth-order valence-electron chi connectivity index (χ4n) is 2.51. The molecule has 0 saturated carbocycles. The lowest BCUT2D eigenvalue weighted by Crippen LogP contribution is -2.32. The van der Waals surface area contributed by atoms with Crippen molar-refractivity contribution in [2.24, 2.45) is 0 Å². The van der Waals surface area contributed by atoms with Gasteiger partial charge in [0, 0.05) is 25.0 Å². The second-order valence-corrected chi connectivity index (χ2v) is 4.89. The van der Waals surface area contributed by atoms with Gasteiger partial charge in [-0.15, -0.1) is 0 Å². The van der Waals surface area contributed by atoms with Crippen LogP contribution in [0.25, 0.3) is 0 Å². The molecular weight excluding hydrogens is 250 g/mol. The predicted molar refractivity (Wildman–Crippen MR) is 80.2 cm³/mol. The van der Waals surface area contributed by atoms with E-state index in [1.807, 2.05) is 48.2 Å². The van der Waals surface area contributed by atoms with Crippen LogP contribution in [0.4, 0.5) is 11.4 Å². The number of aryl methyl sites for hydroxylation is 1. The number of anilines is 2. The summed E-state index contributed by atoms with van der Waals surface area (Å²) in [5.41, 5.74) is 3.40. The second kappa shape index (κ2) is 5.33. The van der Waals surface area contributed by atoms with Crippen molar-refractivity contribution in [3.05, 3.63) is 53.9 Å². The van der Waals surface area contributed by atoms with Crippen molar-refractivity contribution in [1.29, 1.82) is 0 Å². The van der Waals surface area contributed by atoms with Crippen LogP contribution in [0.5, 0.6) is 0 Å². The molecule has 0 fully saturated rings. The summed E-state index contributed by atoms with van der Waals surface area (Å²) in [7, 11) is 0. The lowest BCUT2D eigenvalue weighted by molar-refractivity contribution is 0.0986. The van der Waals surface area contributed by atoms with Gasteiger partial charge in [0.15, 0.2) is 0 Å². The second-order valence-electron chi connectivity index (χ2n) is 4.89. The molecular formula is C16H17N3O. The molecule has 4 heteroatoms. The molecule has 1 N–H and O–H groups in total. The maximum atomic E-state index is 12.8. The number of hydrogen-bond acceptors (Lipinski definition) is 3. The van der Waals surface area contributed by atoms with Gasteiger partial charge >= 0.3 is 0 Å². The lowest BCUT2D eigenvalue weighted by Gasteiger charge is -2.23. The molecule has 1 aromatic heterocycles. The number of fused-ring (bicyclic) bond motifs is 1. The third kappa shape index (κ3) is 2.25. The van der Waals surface area contributed by atoms with E-state index >= 15 is 0 Å². The normalized spacial score (nSPS) is 14.2. The quantitative estimate of drug-likeness (QED) is 0.864. The van der Waals surface area contributed by atoms with Crippen LogP contribution in [-0.2, 0) is 0 Å². The van der Waals surface area contributed by atoms with Crippen LogP contribution in [0.3, 0.4) is 0 Å². The van der Waals surface area contributed by atoms with Crippen molar-refractivity contribution < 1.29 is 4.79 Å². The Hall–Kier alpha value is -2.36. The third-order valence-electron chi connectivity index (χ3n) is 3.55. The highest BCUT2D eigenvalue weighted by molar-refractivity contribution is 6.08. The molecule has 0 saturated heterocycles. The smallest absolute Gasteiger partial charge is 0.260 e. The maximum absolute atomic E-state index is 12.8. The minimum Gasteiger partial charge on any atom is -0.383 e. The van der Waals surface area contributed by atoms with Gasteiger partial charge in [0.05, 0.1) is 16.9 Å². The summed E-state index contributed by atoms with van der Waals surface area (Å²) in [6.07, 6.45) is 2.64. The number of amides is 1. The zero-order valence-electron chi connectivity index (χ0n) is 11.5. The summed E-state index contributed by atoms with van der Waals surface area (Å²) in [5, 5.41) is 3.37. The summed E-state index contributed by atoms with van der Waals surface area (Å²) < 4.78 is 0. The first kappa shape index (κ1) is 12.7. The summed E-state index contributed by atoms with van der Waals surface area (Å²) in [4.78, 5) is 18.9. The Balaban J connectivity index is 2.02. The molecule has 102 valence electrons. The number of carbonyl (C=O) groups excluding carboxylic acids is 1. The molecule has 4 nitrogen and oxygen atoms in total. The fourth-order valence-corrected chi connectivity index (χ4v) is 2.51. The van der Waals surface area contributed by atoms with Gasteiger partial charge < -0.3 is 10.2 Å². The molecule has 0 radical (unpaired) electrons. The zero-order valence-corrected chi connectivity index (χ0v) is 11.5. The Morgan fingerprint density at radius 1 is 1.25 bits per heavy atom. The average Bonchev–Trinajstić information content (AvgIpc) is 2.69. The molecule has 1 aliphatic heterocycles. The van der Waals surface area contributed by atoms with Crippen LogP contribution in [0.15, 0.2) is 42.6 Å². The number of hydrogen-bond donors (Lipinski definition) is 1. The number of rotatable bonds is 1. The number of para-hydroxylation sites is 2. The van der Waals surface area contributed by atoms with E-state index < -0.39 is 0 Å². The van der Waals surface area contributed by atoms with E-state index in [-0.39, 0.29) is 5.91 Å². The summed E-state index contributed by atoms with van der Waals surface area (Å²) in [6.45, 7) is 3.47. The van der Waals surface area contributed by atoms with Gasteiger partial charge in [0.1, 0.15) is 0 Å². The van der Waals surface area contributed by atoms with Gasteiger partial charge in [0.2, 0.25) is 0 Å². The molecule has 0 spiro atoms. The number of pyridine rings is 1. The van der Waals surface area contributed by atoms with Crippen molar-refractivity contribution >= 4 is 17.3 Å². The Kier molecular flexibility index (Phi) is 3.37. The minimum atomic E-state index is 0.0201. The summed E-state index contributed by atoms with van der Waals surface area (Å²) in [5.74, 6) is 0.0201. The number of benzene rings is 1. The van der Waals surface area contributed by atoms with Crippen molar-refractivity contribution in [1.82, 2.24) is 4.98 Å². The highest BCUT2D eigenvalue weighted by atomic mass is 16.2. The van der Waals surface area contributed by atoms with Crippen molar-refractivity contribution in [2.75, 3.05) is 23.3 Å². The Bertz CT molecular complexity index is 639. The van der Waals surface area contributed by atoms with Crippen molar-refractivity contribution in [3.8, 4) is 0 Å². The van der Waals surface area contributed by atoms with E-state index in [1.54, 1.807) is 6.20 Å². The number of carbonyl (C=O) groups is 1. The molecule has 0 unspecified atom stereocenters. The molecule has 2 heterocycles. The van der Waals surface area contributed by atoms with E-state index in [0.717, 1.165) is 36.6 Å². The standard InChI is InChI=1S/C16H17N3O/c1-12-13(6-4-9-17-12)16(20)19-11-5-10-18-14-7-2-3-8-15(14)19/h2-4,6-9,18H,5,10-11H2,1H3. The van der Waals surface area contributed by atoms with Gasteiger partial charge in [-0.25, -0.2) is 0 Å². The monoisotopic (exact) mass is 267 g/mol. The first-order chi connectivity index (χ1) is 9.77. The Morgan fingerprint density at radius 2 is 2.10 bits per heavy atom. The first-order valence-corrected chi connectivity index (χ1v) is 6.84. The van der Waals surface area contributed by atoms with Crippen LogP contribution < -0.4 is 10.2 Å². The van der Waals surface area contributed by atoms with E-state index in [4.69, 9.17) is 0 Å². The van der Waals surface area contributed by atoms with E-state index in [2.05, 4.69) is 10.3 Å². The number of aromatic nitrogens is 1. The predicted octanol–water partition coefficient (Wildman–Crippen LogP) is 2.85. The van der Waals surface area contributed by atoms with Gasteiger partial charge in [0.25, 0.3) is 5.91 Å². The van der Waals surface area contributed by atoms with Gasteiger partial charge in [-0.2, -0.15) is 0 Å². The fraction of sp³-hybridized carbons (Fsp3) is 0.250. The molecule has 0 atom stereocenters. The largest absolute Gasteiger partial charge is 0.383 e. The van der Waals surface area contributed by atoms with Crippen LogP contribution in [0.1, 0.15) is 22.5 Å². The topological polar surface area (TPSA) is 45.2 Å². The summed E-state index contributed by atoms with van der Waals surface area (Å²) >= 11 is 0. The Labute approximate surface area is 118 Å². The zero-order chi connectivity index (χ0) is 13.9. The molecule has 1 amide bonds. The molecule has 3 rings (SSSR count). The average molecular weight is 267 g/mol. The molecule has 0 bridgehead atoms. The van der Waals surface area contributed by atoms with Gasteiger partial charge in [-0.05, 0) is 37.6 Å². The van der Waals surface area contributed by atoms with Crippen LogP contribution in [-0.4, -0.2) is 24.0 Å². The highest BCUT2D eigenvalue weighted by Crippen LogP contribution is 2.29. The minimum absolute atomic E-state index is 0.0201. The summed E-state index contributed by atoms with van der Waals surface area (Å²) in [6, 6.07) is 11.6. The van der Waals surface area contributed by atoms with E-state index in [1.165, 1.54) is 0 Å². The molecule has 20 heavy (non-hydrogen) atoms. The van der Waals surface area contributed by atoms with Crippen molar-refractivity contribution in [3.63, 3.8) is 0 Å². The molecule has 2 aromatic rings. The lowest BCUT2D eigenvalue weighted by atomic mass is 10.1. The van der Waals surface area contributed by atoms with Crippen LogP contribution in [0, 0.1) is 6.92 Å². The van der Waals surface area contributed by atoms with Crippen molar-refractivity contribution in [2.45, 2.75) is 13.3 Å². The van der Waals surface area contributed by atoms with E-state index in [0.29, 0.717) is 5.56 Å². The molecule has 1 aliphatic rings. The van der Waals surface area contributed by atoms with Crippen LogP contribution in [0.2, 0.25) is 0 Å². The number of nitrogens with zero attached hydrogens (tertiary/aromatic N) is 2. The Morgan fingerprint density at radius 3 is 2.95 bits per heavy atom. The van der Waals surface area contributed by atoms with Crippen LogP contribution >= 0.6 is 0 Å². The SMILES string of the molecule is Cc1ncccc1C(=O)N1CCCNc2ccccc21. The third-order valence-corrected chi connectivity index (χ3v) is 3.55. The first-order valence-electron chi connectivity index (χ1n) is 6.84. The molecule has 1 aromatic carbocycles. The number of nitrogens with one attached hydrogen (secondary N) is 1. The highest BCUT2D eigenvalue weighted by Gasteiger charge is 2.23.